The van der Waals surface area contributed by atoms with Crippen LogP contribution in [0, 0.1) is 5.82 Å². The second-order valence-electron chi connectivity index (χ2n) is 6.54. The van der Waals surface area contributed by atoms with Crippen molar-refractivity contribution >= 4 is 23.4 Å². The third-order valence-corrected chi connectivity index (χ3v) is 4.37. The van der Waals surface area contributed by atoms with Crippen LogP contribution in [0.4, 0.5) is 26.5 Å². The fourth-order valence-electron chi connectivity index (χ4n) is 3.00. The molecule has 1 aromatic heterocycles. The normalized spacial score (nSPS) is 17.2. The molecule has 0 saturated carbocycles. The van der Waals surface area contributed by atoms with Crippen molar-refractivity contribution in [3.8, 4) is 0 Å². The lowest BCUT2D eigenvalue weighted by Gasteiger charge is -2.41. The summed E-state index contributed by atoms with van der Waals surface area (Å²) in [6, 6.07) is 6.53. The van der Waals surface area contributed by atoms with Gasteiger partial charge in [0.05, 0.1) is 23.8 Å². The van der Waals surface area contributed by atoms with E-state index in [9.17, 15) is 9.18 Å². The van der Waals surface area contributed by atoms with Gasteiger partial charge < -0.3 is 20.0 Å². The van der Waals surface area contributed by atoms with Gasteiger partial charge in [0, 0.05) is 39.8 Å². The lowest BCUT2D eigenvalue weighted by Crippen LogP contribution is -2.55. The Kier molecular flexibility index (Phi) is 5.20. The maximum absolute atomic E-state index is 14.0. The van der Waals surface area contributed by atoms with E-state index < -0.39 is 0 Å². The van der Waals surface area contributed by atoms with Crippen molar-refractivity contribution in [3.63, 3.8) is 0 Å². The quantitative estimate of drug-likeness (QED) is 0.913. The Morgan fingerprint density at radius 3 is 2.54 bits per heavy atom. The molecular formula is C18H23FN6O. The second kappa shape index (κ2) is 7.55. The average Bonchev–Trinajstić information content (AvgIpc) is 2.63. The zero-order chi connectivity index (χ0) is 18.7. The highest BCUT2D eigenvalue weighted by molar-refractivity contribution is 5.89. The molecule has 1 aliphatic heterocycles. The highest BCUT2D eigenvalue weighted by Crippen LogP contribution is 2.23. The zero-order valence-corrected chi connectivity index (χ0v) is 15.2. The van der Waals surface area contributed by atoms with Gasteiger partial charge in [-0.2, -0.15) is 0 Å². The number of nitrogens with one attached hydrogen (secondary N) is 1. The van der Waals surface area contributed by atoms with E-state index >= 15 is 0 Å². The number of carbonyl (C=O) groups excluding carboxylic acids is 1. The number of hydrogen-bond donors (Lipinski definition) is 1. The van der Waals surface area contributed by atoms with Crippen molar-refractivity contribution in [1.29, 1.82) is 0 Å². The molecule has 1 N–H and O–H groups in total. The van der Waals surface area contributed by atoms with Gasteiger partial charge in [0.15, 0.2) is 0 Å². The molecule has 138 valence electrons. The fraction of sp³-hybridized carbons (Fsp3) is 0.389. The number of nitrogens with zero attached hydrogens (tertiary/aromatic N) is 5. The van der Waals surface area contributed by atoms with E-state index in [2.05, 4.69) is 15.3 Å². The molecule has 1 saturated heterocycles. The maximum atomic E-state index is 14.0. The van der Waals surface area contributed by atoms with Crippen molar-refractivity contribution in [2.45, 2.75) is 13.0 Å². The third-order valence-electron chi connectivity index (χ3n) is 4.37. The molecular weight excluding hydrogens is 335 g/mol. The Balaban J connectivity index is 1.61. The summed E-state index contributed by atoms with van der Waals surface area (Å²) in [5.41, 5.74) is 1.12. The standard InChI is InChI=1S/C18H23FN6O/c1-13-12-24(8-9-25(13)16-7-5-4-6-15(16)19)18(26)22-14-10-20-17(21-11-14)23(2)3/h4-7,10-11,13H,8-9,12H2,1-3H3,(H,22,26)/t13-/m1/s1. The van der Waals surface area contributed by atoms with Crippen LogP contribution in [-0.4, -0.2) is 60.7 Å². The summed E-state index contributed by atoms with van der Waals surface area (Å²) in [6.45, 7) is 3.59. The van der Waals surface area contributed by atoms with Crippen LogP contribution in [0.5, 0.6) is 0 Å². The summed E-state index contributed by atoms with van der Waals surface area (Å²) < 4.78 is 14.0. The molecule has 1 atom stereocenters. The molecule has 3 rings (SSSR count). The number of urea groups is 1. The van der Waals surface area contributed by atoms with Gasteiger partial charge >= 0.3 is 6.03 Å². The molecule has 7 nitrogen and oxygen atoms in total. The van der Waals surface area contributed by atoms with Gasteiger partial charge in [0.2, 0.25) is 5.95 Å². The summed E-state index contributed by atoms with van der Waals surface area (Å²) in [5, 5.41) is 2.82. The van der Waals surface area contributed by atoms with Gasteiger partial charge in [-0.3, -0.25) is 0 Å². The van der Waals surface area contributed by atoms with Crippen LogP contribution < -0.4 is 15.1 Å². The molecule has 0 aliphatic carbocycles. The Morgan fingerprint density at radius 1 is 1.23 bits per heavy atom. The summed E-state index contributed by atoms with van der Waals surface area (Å²) in [7, 11) is 3.70. The zero-order valence-electron chi connectivity index (χ0n) is 15.2. The molecule has 2 amide bonds. The van der Waals surface area contributed by atoms with Crippen LogP contribution in [0.3, 0.4) is 0 Å². The molecule has 0 radical (unpaired) electrons. The predicted octanol–water partition coefficient (Wildman–Crippen LogP) is 2.42. The molecule has 1 aromatic carbocycles. The number of piperazine rings is 1. The van der Waals surface area contributed by atoms with E-state index in [-0.39, 0.29) is 17.9 Å². The molecule has 2 heterocycles. The van der Waals surface area contributed by atoms with Gasteiger partial charge in [-0.15, -0.1) is 0 Å². The van der Waals surface area contributed by atoms with Gasteiger partial charge in [0.1, 0.15) is 5.82 Å². The first-order valence-corrected chi connectivity index (χ1v) is 8.52. The lowest BCUT2D eigenvalue weighted by molar-refractivity contribution is 0.200. The van der Waals surface area contributed by atoms with Crippen molar-refractivity contribution in [2.24, 2.45) is 0 Å². The van der Waals surface area contributed by atoms with Crippen LogP contribution in [-0.2, 0) is 0 Å². The second-order valence-corrected chi connectivity index (χ2v) is 6.54. The monoisotopic (exact) mass is 358 g/mol. The molecule has 0 spiro atoms. The molecule has 0 bridgehead atoms. The molecule has 0 unspecified atom stereocenters. The maximum Gasteiger partial charge on any atom is 0.322 e. The largest absolute Gasteiger partial charge is 0.363 e. The average molecular weight is 358 g/mol. The minimum Gasteiger partial charge on any atom is -0.363 e. The fourth-order valence-corrected chi connectivity index (χ4v) is 3.00. The number of carbonyl (C=O) groups is 1. The Hall–Kier alpha value is -2.90. The minimum absolute atomic E-state index is 0.0127. The van der Waals surface area contributed by atoms with Crippen LogP contribution in [0.25, 0.3) is 0 Å². The topological polar surface area (TPSA) is 64.6 Å². The smallest absolute Gasteiger partial charge is 0.322 e. The van der Waals surface area contributed by atoms with Gasteiger partial charge in [-0.1, -0.05) is 12.1 Å². The molecule has 2 aromatic rings. The number of benzene rings is 1. The van der Waals surface area contributed by atoms with Gasteiger partial charge in [-0.25, -0.2) is 19.2 Å². The number of rotatable bonds is 3. The first kappa shape index (κ1) is 17.9. The number of hydrogen-bond acceptors (Lipinski definition) is 5. The lowest BCUT2D eigenvalue weighted by atomic mass is 10.1. The Labute approximate surface area is 152 Å². The van der Waals surface area contributed by atoms with E-state index in [1.54, 1.807) is 34.3 Å². The SMILES string of the molecule is C[C@@H]1CN(C(=O)Nc2cnc(N(C)C)nc2)CCN1c1ccccc1F. The van der Waals surface area contributed by atoms with Crippen molar-refractivity contribution in [2.75, 3.05) is 48.8 Å². The Bertz CT molecular complexity index is 767. The third kappa shape index (κ3) is 3.84. The van der Waals surface area contributed by atoms with E-state index in [4.69, 9.17) is 0 Å². The number of aromatic nitrogens is 2. The van der Waals surface area contributed by atoms with E-state index in [0.29, 0.717) is 37.0 Å². The number of para-hydroxylation sites is 1. The summed E-state index contributed by atoms with van der Waals surface area (Å²) in [5.74, 6) is 0.338. The highest BCUT2D eigenvalue weighted by atomic mass is 19.1. The van der Waals surface area contributed by atoms with Gasteiger partial charge in [-0.05, 0) is 19.1 Å². The molecule has 26 heavy (non-hydrogen) atoms. The van der Waals surface area contributed by atoms with Crippen molar-refractivity contribution < 1.29 is 9.18 Å². The molecule has 1 fully saturated rings. The van der Waals surface area contributed by atoms with Crippen LogP contribution in [0.2, 0.25) is 0 Å². The van der Waals surface area contributed by atoms with E-state index in [1.165, 1.54) is 6.07 Å². The minimum atomic E-state index is -0.240. The van der Waals surface area contributed by atoms with Crippen LogP contribution >= 0.6 is 0 Å². The first-order valence-electron chi connectivity index (χ1n) is 8.52. The van der Waals surface area contributed by atoms with Gasteiger partial charge in [0.25, 0.3) is 0 Å². The van der Waals surface area contributed by atoms with E-state index in [0.717, 1.165) is 0 Å². The summed E-state index contributed by atoms with van der Waals surface area (Å²) in [4.78, 5) is 26.4. The van der Waals surface area contributed by atoms with Crippen LogP contribution in [0.15, 0.2) is 36.7 Å². The van der Waals surface area contributed by atoms with Crippen LogP contribution in [0.1, 0.15) is 6.92 Å². The number of amides is 2. The summed E-state index contributed by atoms with van der Waals surface area (Å²) >= 11 is 0. The number of anilines is 3. The van der Waals surface area contributed by atoms with E-state index in [1.807, 2.05) is 32.0 Å². The van der Waals surface area contributed by atoms with Crippen molar-refractivity contribution in [1.82, 2.24) is 14.9 Å². The molecule has 1 aliphatic rings. The summed E-state index contributed by atoms with van der Waals surface area (Å²) in [6.07, 6.45) is 3.17. The first-order chi connectivity index (χ1) is 12.5. The number of halogens is 1. The Morgan fingerprint density at radius 2 is 1.92 bits per heavy atom. The highest BCUT2D eigenvalue weighted by Gasteiger charge is 2.28. The molecule has 8 heteroatoms. The predicted molar refractivity (Wildman–Crippen MR) is 100 cm³/mol. The van der Waals surface area contributed by atoms with Crippen molar-refractivity contribution in [3.05, 3.63) is 42.5 Å².